The molecule has 2 atom stereocenters. The molecule has 1 fully saturated rings. The highest BCUT2D eigenvalue weighted by atomic mass is 19.1. The van der Waals surface area contributed by atoms with Gasteiger partial charge in [-0.15, -0.1) is 0 Å². The summed E-state index contributed by atoms with van der Waals surface area (Å²) in [5, 5.41) is 12.1. The Morgan fingerprint density at radius 2 is 2.20 bits per heavy atom. The third-order valence-electron chi connectivity index (χ3n) is 3.93. The molecule has 0 unspecified atom stereocenters. The molecule has 1 saturated heterocycles. The lowest BCUT2D eigenvalue weighted by Gasteiger charge is -2.38. The molecule has 1 aliphatic rings. The van der Waals surface area contributed by atoms with Crippen molar-refractivity contribution < 1.29 is 18.7 Å². The Balaban J connectivity index is 1.80. The van der Waals surface area contributed by atoms with Crippen LogP contribution >= 0.6 is 0 Å². The maximum atomic E-state index is 14.4. The maximum Gasteiger partial charge on any atom is 0.407 e. The number of likely N-dealkylation sites (tertiary alicyclic amines) is 1. The van der Waals surface area contributed by atoms with Gasteiger partial charge in [-0.3, -0.25) is 0 Å². The zero-order chi connectivity index (χ0) is 18.0. The van der Waals surface area contributed by atoms with Crippen molar-refractivity contribution in [3.63, 3.8) is 0 Å². The van der Waals surface area contributed by atoms with E-state index in [-0.39, 0.29) is 31.0 Å². The molecule has 9 heteroatoms. The third-order valence-corrected chi connectivity index (χ3v) is 3.93. The summed E-state index contributed by atoms with van der Waals surface area (Å²) in [5.74, 6) is -0.480. The van der Waals surface area contributed by atoms with Gasteiger partial charge in [-0.2, -0.15) is 4.39 Å². The zero-order valence-corrected chi connectivity index (χ0v) is 13.5. The minimum atomic E-state index is -1.65. The van der Waals surface area contributed by atoms with E-state index in [2.05, 4.69) is 20.3 Å². The summed E-state index contributed by atoms with van der Waals surface area (Å²) < 4.78 is 28.2. The van der Waals surface area contributed by atoms with Crippen molar-refractivity contribution in [1.29, 1.82) is 0 Å². The minimum absolute atomic E-state index is 0.115. The molecular weight excluding hydrogens is 332 g/mol. The highest BCUT2D eigenvalue weighted by molar-refractivity contribution is 5.65. The number of hydrogen-bond donors (Lipinski definition) is 2. The van der Waals surface area contributed by atoms with Crippen molar-refractivity contribution in [3.05, 3.63) is 36.5 Å². The Hall–Kier alpha value is -2.84. The number of carbonyl (C=O) groups is 1. The quantitative estimate of drug-likeness (QED) is 0.828. The molecule has 0 bridgehead atoms. The van der Waals surface area contributed by atoms with Gasteiger partial charge in [0.1, 0.15) is 5.67 Å². The topological polar surface area (TPSA) is 91.2 Å². The molecule has 2 N–H and O–H groups in total. The predicted molar refractivity (Wildman–Crippen MR) is 86.4 cm³/mol. The molecule has 1 amide bonds. The molecule has 132 valence electrons. The van der Waals surface area contributed by atoms with Crippen molar-refractivity contribution in [3.8, 4) is 11.3 Å². The second-order valence-corrected chi connectivity index (χ2v) is 6.23. The van der Waals surface area contributed by atoms with Gasteiger partial charge < -0.3 is 15.3 Å². The van der Waals surface area contributed by atoms with Crippen LogP contribution in [0.4, 0.5) is 19.5 Å². The van der Waals surface area contributed by atoms with E-state index in [4.69, 9.17) is 5.11 Å². The molecular formula is C16H17F2N5O2. The molecule has 2 aromatic rings. The third kappa shape index (κ3) is 3.98. The molecule has 0 saturated carbocycles. The molecule has 1 aliphatic heterocycles. The van der Waals surface area contributed by atoms with Crippen LogP contribution in [0, 0.1) is 5.95 Å². The predicted octanol–water partition coefficient (Wildman–Crippen LogP) is 2.57. The number of rotatable bonds is 3. The number of alkyl halides is 1. The van der Waals surface area contributed by atoms with Gasteiger partial charge >= 0.3 is 6.09 Å². The number of pyridine rings is 1. The average Bonchev–Trinajstić information content (AvgIpc) is 2.54. The second-order valence-electron chi connectivity index (χ2n) is 6.23. The summed E-state index contributed by atoms with van der Waals surface area (Å²) >= 11 is 0. The van der Waals surface area contributed by atoms with E-state index in [1.807, 2.05) is 0 Å². The molecule has 7 nitrogen and oxygen atoms in total. The van der Waals surface area contributed by atoms with Crippen LogP contribution in [-0.4, -0.2) is 55.9 Å². The van der Waals surface area contributed by atoms with Crippen molar-refractivity contribution >= 4 is 12.0 Å². The monoisotopic (exact) mass is 349 g/mol. The van der Waals surface area contributed by atoms with Crippen LogP contribution in [-0.2, 0) is 0 Å². The zero-order valence-electron chi connectivity index (χ0n) is 13.5. The van der Waals surface area contributed by atoms with Gasteiger partial charge in [-0.1, -0.05) is 0 Å². The number of hydrogen-bond acceptors (Lipinski definition) is 5. The van der Waals surface area contributed by atoms with Crippen molar-refractivity contribution in [2.75, 3.05) is 18.4 Å². The van der Waals surface area contributed by atoms with Gasteiger partial charge in [0.15, 0.2) is 0 Å². The molecule has 0 radical (unpaired) electrons. The lowest BCUT2D eigenvalue weighted by molar-refractivity contribution is 0.0517. The Kier molecular flexibility index (Phi) is 4.47. The maximum absolute atomic E-state index is 14.4. The van der Waals surface area contributed by atoms with Crippen LogP contribution in [0.2, 0.25) is 0 Å². The lowest BCUT2D eigenvalue weighted by Crippen LogP contribution is -2.54. The fraction of sp³-hybridized carbons (Fsp3) is 0.375. The molecule has 0 spiro atoms. The fourth-order valence-corrected chi connectivity index (χ4v) is 2.95. The van der Waals surface area contributed by atoms with Gasteiger partial charge in [0.2, 0.25) is 11.9 Å². The van der Waals surface area contributed by atoms with Crippen LogP contribution in [0.5, 0.6) is 0 Å². The van der Waals surface area contributed by atoms with E-state index >= 15 is 0 Å². The summed E-state index contributed by atoms with van der Waals surface area (Å²) in [5.41, 5.74) is -1.10. The Bertz CT molecular complexity index is 787. The average molecular weight is 349 g/mol. The van der Waals surface area contributed by atoms with E-state index in [9.17, 15) is 13.6 Å². The van der Waals surface area contributed by atoms with Crippen LogP contribution in [0.15, 0.2) is 30.6 Å². The number of carboxylic acid groups (broad SMARTS) is 1. The fourth-order valence-electron chi connectivity index (χ4n) is 2.95. The number of nitrogens with zero attached hydrogens (tertiary/aromatic N) is 4. The normalized spacial score (nSPS) is 23.3. The van der Waals surface area contributed by atoms with Gasteiger partial charge in [-0.05, 0) is 25.1 Å². The molecule has 3 heterocycles. The van der Waals surface area contributed by atoms with Crippen LogP contribution in [0.25, 0.3) is 11.3 Å². The van der Waals surface area contributed by atoms with Gasteiger partial charge in [0.25, 0.3) is 0 Å². The van der Waals surface area contributed by atoms with E-state index in [1.165, 1.54) is 25.4 Å². The van der Waals surface area contributed by atoms with Crippen molar-refractivity contribution in [1.82, 2.24) is 19.9 Å². The Morgan fingerprint density at radius 1 is 1.40 bits per heavy atom. The van der Waals surface area contributed by atoms with Gasteiger partial charge in [-0.25, -0.2) is 24.1 Å². The number of anilines is 1. The standard InChI is InChI=1S/C16H17F2N5O2/c1-16(18)7-10(8-23(9-16)15(24)25)21-14-20-6-4-12(22-14)11-3-2-5-19-13(11)17/h2-6,10H,7-9H2,1H3,(H,24,25)(H,20,21,22)/t10-,16-/m0/s1. The van der Waals surface area contributed by atoms with E-state index < -0.39 is 23.8 Å². The summed E-state index contributed by atoms with van der Waals surface area (Å²) in [6.07, 6.45) is 1.72. The summed E-state index contributed by atoms with van der Waals surface area (Å²) in [4.78, 5) is 24.0. The van der Waals surface area contributed by atoms with Crippen LogP contribution in [0.3, 0.4) is 0 Å². The summed E-state index contributed by atoms with van der Waals surface area (Å²) in [7, 11) is 0. The first-order chi connectivity index (χ1) is 11.8. The highest BCUT2D eigenvalue weighted by Crippen LogP contribution is 2.27. The molecule has 3 rings (SSSR count). The number of nitrogens with one attached hydrogen (secondary N) is 1. The van der Waals surface area contributed by atoms with Gasteiger partial charge in [0.05, 0.1) is 17.8 Å². The van der Waals surface area contributed by atoms with E-state index in [0.29, 0.717) is 5.69 Å². The SMILES string of the molecule is C[C@]1(F)C[C@H](Nc2nccc(-c3cccnc3F)n2)CN(C(=O)O)C1. The summed E-state index contributed by atoms with van der Waals surface area (Å²) in [6, 6.07) is 4.18. The minimum Gasteiger partial charge on any atom is -0.465 e. The first-order valence-electron chi connectivity index (χ1n) is 7.71. The second kappa shape index (κ2) is 6.58. The molecule has 0 aliphatic carbocycles. The number of piperidine rings is 1. The highest BCUT2D eigenvalue weighted by Gasteiger charge is 2.38. The first kappa shape index (κ1) is 17.0. The van der Waals surface area contributed by atoms with Crippen LogP contribution < -0.4 is 5.32 Å². The van der Waals surface area contributed by atoms with Crippen molar-refractivity contribution in [2.24, 2.45) is 0 Å². The molecule has 0 aromatic carbocycles. The largest absolute Gasteiger partial charge is 0.465 e. The smallest absolute Gasteiger partial charge is 0.407 e. The summed E-state index contributed by atoms with van der Waals surface area (Å²) in [6.45, 7) is 1.30. The van der Waals surface area contributed by atoms with Crippen molar-refractivity contribution in [2.45, 2.75) is 25.1 Å². The first-order valence-corrected chi connectivity index (χ1v) is 7.71. The Morgan fingerprint density at radius 3 is 2.92 bits per heavy atom. The molecule has 25 heavy (non-hydrogen) atoms. The number of amides is 1. The number of halogens is 2. The van der Waals surface area contributed by atoms with Crippen LogP contribution in [0.1, 0.15) is 13.3 Å². The van der Waals surface area contributed by atoms with Gasteiger partial charge in [0, 0.05) is 31.4 Å². The number of aromatic nitrogens is 3. The Labute approximate surface area is 142 Å². The van der Waals surface area contributed by atoms with E-state index in [1.54, 1.807) is 12.1 Å². The lowest BCUT2D eigenvalue weighted by atomic mass is 9.93. The van der Waals surface area contributed by atoms with E-state index in [0.717, 1.165) is 4.90 Å². The molecule has 2 aromatic heterocycles.